The largest absolute Gasteiger partial charge is 0.332 e. The van der Waals surface area contributed by atoms with E-state index >= 15 is 0 Å². The quantitative estimate of drug-likeness (QED) is 0.739. The molecule has 1 heterocycles. The number of nitrogens with zero attached hydrogens (tertiary/aromatic N) is 1. The van der Waals surface area contributed by atoms with Crippen molar-refractivity contribution in [2.75, 3.05) is 6.54 Å². The van der Waals surface area contributed by atoms with E-state index in [0.29, 0.717) is 6.04 Å². The summed E-state index contributed by atoms with van der Waals surface area (Å²) in [5.41, 5.74) is 2.11. The molecule has 0 saturated carbocycles. The summed E-state index contributed by atoms with van der Waals surface area (Å²) in [6.07, 6.45) is 2.03. The van der Waals surface area contributed by atoms with E-state index < -0.39 is 0 Å². The van der Waals surface area contributed by atoms with Crippen LogP contribution in [0.2, 0.25) is 0 Å². The van der Waals surface area contributed by atoms with Gasteiger partial charge in [0.15, 0.2) is 0 Å². The van der Waals surface area contributed by atoms with Gasteiger partial charge in [0.1, 0.15) is 0 Å². The second-order valence-electron chi connectivity index (χ2n) is 4.01. The molecule has 2 heteroatoms. The van der Waals surface area contributed by atoms with E-state index in [1.54, 1.807) is 0 Å². The normalized spacial score (nSPS) is 19.5. The Hall–Kier alpha value is -1.31. The molecule has 2 rings (SSSR count). The predicted octanol–water partition coefficient (Wildman–Crippen LogP) is 3.00. The summed E-state index contributed by atoms with van der Waals surface area (Å²) in [6.45, 7) is 5.12. The highest BCUT2D eigenvalue weighted by atomic mass is 16.2. The summed E-state index contributed by atoms with van der Waals surface area (Å²) < 4.78 is 0. The minimum Gasteiger partial charge on any atom is -0.332 e. The van der Waals surface area contributed by atoms with Crippen LogP contribution in [-0.4, -0.2) is 17.4 Å². The van der Waals surface area contributed by atoms with Crippen molar-refractivity contribution < 1.29 is 4.79 Å². The molecular formula is C13H17NO. The van der Waals surface area contributed by atoms with E-state index in [-0.39, 0.29) is 5.91 Å². The predicted molar refractivity (Wildman–Crippen MR) is 60.8 cm³/mol. The van der Waals surface area contributed by atoms with Gasteiger partial charge in [-0.15, -0.1) is 0 Å². The second kappa shape index (κ2) is 4.05. The van der Waals surface area contributed by atoms with Crippen LogP contribution in [0.15, 0.2) is 24.3 Å². The summed E-state index contributed by atoms with van der Waals surface area (Å²) in [6, 6.07) is 8.28. The molecule has 1 aliphatic heterocycles. The summed E-state index contributed by atoms with van der Waals surface area (Å²) in [7, 11) is 0. The van der Waals surface area contributed by atoms with Crippen molar-refractivity contribution in [2.45, 2.75) is 32.7 Å². The van der Waals surface area contributed by atoms with Crippen LogP contribution in [0.5, 0.6) is 0 Å². The minimum absolute atomic E-state index is 0.208. The Morgan fingerprint density at radius 2 is 2.00 bits per heavy atom. The molecule has 1 unspecified atom stereocenters. The molecule has 0 radical (unpaired) electrons. The van der Waals surface area contributed by atoms with Gasteiger partial charge in [-0.2, -0.15) is 0 Å². The third kappa shape index (κ3) is 1.54. The van der Waals surface area contributed by atoms with Crippen molar-refractivity contribution in [3.8, 4) is 0 Å². The third-order valence-electron chi connectivity index (χ3n) is 3.04. The van der Waals surface area contributed by atoms with Gasteiger partial charge in [0.05, 0.1) is 6.04 Å². The fraction of sp³-hybridized carbons (Fsp3) is 0.462. The molecule has 0 spiro atoms. The lowest BCUT2D eigenvalue weighted by molar-refractivity contribution is 0.0721. The average Bonchev–Trinajstić information content (AvgIpc) is 2.54. The monoisotopic (exact) mass is 203 g/mol. The fourth-order valence-corrected chi connectivity index (χ4v) is 2.39. The fourth-order valence-electron chi connectivity index (χ4n) is 2.39. The molecule has 1 aromatic rings. The van der Waals surface area contributed by atoms with Crippen molar-refractivity contribution in [2.24, 2.45) is 0 Å². The molecule has 15 heavy (non-hydrogen) atoms. The van der Waals surface area contributed by atoms with Crippen LogP contribution in [0.1, 0.15) is 48.7 Å². The molecule has 0 fully saturated rings. The molecule has 1 atom stereocenters. The highest BCUT2D eigenvalue weighted by Crippen LogP contribution is 2.35. The van der Waals surface area contributed by atoms with Crippen LogP contribution < -0.4 is 0 Å². The van der Waals surface area contributed by atoms with Gasteiger partial charge >= 0.3 is 0 Å². The van der Waals surface area contributed by atoms with Crippen LogP contribution in [0, 0.1) is 0 Å². The van der Waals surface area contributed by atoms with Crippen LogP contribution in [0.25, 0.3) is 0 Å². The van der Waals surface area contributed by atoms with Gasteiger partial charge in [0.25, 0.3) is 5.91 Å². The van der Waals surface area contributed by atoms with E-state index in [4.69, 9.17) is 0 Å². The van der Waals surface area contributed by atoms with Crippen molar-refractivity contribution in [3.05, 3.63) is 35.4 Å². The van der Waals surface area contributed by atoms with Gasteiger partial charge in [0.2, 0.25) is 0 Å². The van der Waals surface area contributed by atoms with Gasteiger partial charge < -0.3 is 4.90 Å². The number of carbonyl (C=O) groups is 1. The number of rotatable bonds is 3. The van der Waals surface area contributed by atoms with Crippen molar-refractivity contribution >= 4 is 5.91 Å². The zero-order valence-electron chi connectivity index (χ0n) is 9.36. The molecule has 1 aliphatic rings. The van der Waals surface area contributed by atoms with Crippen LogP contribution in [0.4, 0.5) is 0 Å². The first kappa shape index (κ1) is 10.2. The van der Waals surface area contributed by atoms with Crippen LogP contribution >= 0.6 is 0 Å². The summed E-state index contributed by atoms with van der Waals surface area (Å²) >= 11 is 0. The Kier molecular flexibility index (Phi) is 2.76. The Morgan fingerprint density at radius 1 is 1.27 bits per heavy atom. The molecule has 1 aromatic carbocycles. The molecule has 0 aliphatic carbocycles. The first-order valence-electron chi connectivity index (χ1n) is 5.69. The number of fused-ring (bicyclic) bond motifs is 1. The van der Waals surface area contributed by atoms with Gasteiger partial charge in [-0.3, -0.25) is 4.79 Å². The topological polar surface area (TPSA) is 20.3 Å². The van der Waals surface area contributed by atoms with Crippen molar-refractivity contribution in [3.63, 3.8) is 0 Å². The molecule has 80 valence electrons. The van der Waals surface area contributed by atoms with Gasteiger partial charge in [-0.1, -0.05) is 32.0 Å². The average molecular weight is 203 g/mol. The van der Waals surface area contributed by atoms with E-state index in [0.717, 1.165) is 24.9 Å². The molecular weight excluding hydrogens is 186 g/mol. The van der Waals surface area contributed by atoms with E-state index in [9.17, 15) is 4.79 Å². The van der Waals surface area contributed by atoms with E-state index in [1.165, 1.54) is 5.56 Å². The lowest BCUT2D eigenvalue weighted by Crippen LogP contribution is -2.28. The van der Waals surface area contributed by atoms with Crippen molar-refractivity contribution in [1.82, 2.24) is 4.90 Å². The molecule has 0 bridgehead atoms. The molecule has 1 amide bonds. The maximum absolute atomic E-state index is 12.1. The first-order chi connectivity index (χ1) is 7.29. The smallest absolute Gasteiger partial charge is 0.254 e. The molecule has 0 saturated heterocycles. The molecule has 2 nitrogen and oxygen atoms in total. The number of carbonyl (C=O) groups excluding carboxylic acids is 1. The Morgan fingerprint density at radius 3 is 2.67 bits per heavy atom. The first-order valence-corrected chi connectivity index (χ1v) is 5.69. The lowest BCUT2D eigenvalue weighted by atomic mass is 10.0. The number of hydrogen-bond acceptors (Lipinski definition) is 1. The SMILES string of the molecule is CCCN1C(=O)c2ccccc2C1CC. The standard InChI is InChI=1S/C13H17NO/c1-3-9-14-12(4-2)10-7-5-6-8-11(10)13(14)15/h5-8,12H,3-4,9H2,1-2H3. The Bertz CT molecular complexity index is 373. The summed E-state index contributed by atoms with van der Waals surface area (Å²) in [5.74, 6) is 0.208. The van der Waals surface area contributed by atoms with Crippen LogP contribution in [0.3, 0.4) is 0 Å². The minimum atomic E-state index is 0.208. The Labute approximate surface area is 90.9 Å². The highest BCUT2D eigenvalue weighted by Gasteiger charge is 2.34. The van der Waals surface area contributed by atoms with E-state index in [1.807, 2.05) is 23.1 Å². The lowest BCUT2D eigenvalue weighted by Gasteiger charge is -2.23. The summed E-state index contributed by atoms with van der Waals surface area (Å²) in [4.78, 5) is 14.1. The maximum atomic E-state index is 12.1. The van der Waals surface area contributed by atoms with Gasteiger partial charge in [-0.05, 0) is 24.5 Å². The number of benzene rings is 1. The third-order valence-corrected chi connectivity index (χ3v) is 3.04. The molecule has 0 N–H and O–H groups in total. The zero-order chi connectivity index (χ0) is 10.8. The number of amides is 1. The number of hydrogen-bond donors (Lipinski definition) is 0. The second-order valence-corrected chi connectivity index (χ2v) is 4.01. The maximum Gasteiger partial charge on any atom is 0.254 e. The Balaban J connectivity index is 2.39. The van der Waals surface area contributed by atoms with Crippen molar-refractivity contribution in [1.29, 1.82) is 0 Å². The van der Waals surface area contributed by atoms with Gasteiger partial charge in [0, 0.05) is 12.1 Å². The zero-order valence-corrected chi connectivity index (χ0v) is 9.36. The summed E-state index contributed by atoms with van der Waals surface area (Å²) in [5, 5.41) is 0. The van der Waals surface area contributed by atoms with Gasteiger partial charge in [-0.25, -0.2) is 0 Å². The molecule has 0 aromatic heterocycles. The highest BCUT2D eigenvalue weighted by molar-refractivity contribution is 5.99. The van der Waals surface area contributed by atoms with Crippen LogP contribution in [-0.2, 0) is 0 Å². The van der Waals surface area contributed by atoms with E-state index in [2.05, 4.69) is 19.9 Å².